The van der Waals surface area contributed by atoms with Crippen LogP contribution in [0.25, 0.3) is 0 Å². The average Bonchev–Trinajstić information content (AvgIpc) is 2.89. The van der Waals surface area contributed by atoms with Gasteiger partial charge in [0, 0.05) is 37.4 Å². The standard InChI is InChI=1S/C14H18N4O2/c19-13-11-7-18(4-2-8(11)1-3-16-13)14(20)17-12-9-5-15-6-10(9)12/h1,3,9-10,12,15H,2,4-7H2,(H,16,19)(H,17,20)/t9-,10+,12?. The summed E-state index contributed by atoms with van der Waals surface area (Å²) < 4.78 is 0. The van der Waals surface area contributed by atoms with Crippen LogP contribution in [-0.2, 0) is 13.0 Å². The molecule has 6 heteroatoms. The van der Waals surface area contributed by atoms with Gasteiger partial charge in [-0.05, 0) is 29.9 Å². The first-order valence-corrected chi connectivity index (χ1v) is 7.19. The van der Waals surface area contributed by atoms with E-state index >= 15 is 0 Å². The van der Waals surface area contributed by atoms with Gasteiger partial charge in [0.05, 0.1) is 6.54 Å². The first-order chi connectivity index (χ1) is 9.74. The van der Waals surface area contributed by atoms with E-state index in [1.807, 2.05) is 6.07 Å². The fourth-order valence-corrected chi connectivity index (χ4v) is 3.52. The molecule has 0 radical (unpaired) electrons. The highest BCUT2D eigenvalue weighted by Crippen LogP contribution is 2.41. The largest absolute Gasteiger partial charge is 0.335 e. The van der Waals surface area contributed by atoms with E-state index in [1.54, 1.807) is 11.1 Å². The zero-order valence-electron chi connectivity index (χ0n) is 11.2. The highest BCUT2D eigenvalue weighted by Gasteiger charge is 2.53. The van der Waals surface area contributed by atoms with E-state index in [4.69, 9.17) is 0 Å². The van der Waals surface area contributed by atoms with Gasteiger partial charge >= 0.3 is 6.03 Å². The second-order valence-corrected chi connectivity index (χ2v) is 5.94. The molecule has 0 aromatic carbocycles. The number of H-pyrrole nitrogens is 1. The quantitative estimate of drug-likeness (QED) is 0.656. The molecule has 0 bridgehead atoms. The Balaban J connectivity index is 1.44. The molecule has 0 spiro atoms. The Labute approximate surface area is 116 Å². The lowest BCUT2D eigenvalue weighted by molar-refractivity contribution is 0.190. The van der Waals surface area contributed by atoms with Gasteiger partial charge in [-0.1, -0.05) is 0 Å². The Morgan fingerprint density at radius 3 is 2.95 bits per heavy atom. The normalized spacial score (nSPS) is 30.6. The van der Waals surface area contributed by atoms with Gasteiger partial charge in [0.15, 0.2) is 0 Å². The second kappa shape index (κ2) is 4.34. The van der Waals surface area contributed by atoms with Crippen LogP contribution < -0.4 is 16.2 Å². The number of aromatic nitrogens is 1. The predicted molar refractivity (Wildman–Crippen MR) is 73.3 cm³/mol. The number of aromatic amines is 1. The van der Waals surface area contributed by atoms with Crippen LogP contribution >= 0.6 is 0 Å². The van der Waals surface area contributed by atoms with E-state index in [0.29, 0.717) is 31.0 Å². The second-order valence-electron chi connectivity index (χ2n) is 5.94. The van der Waals surface area contributed by atoms with E-state index in [2.05, 4.69) is 15.6 Å². The maximum Gasteiger partial charge on any atom is 0.317 e. The number of pyridine rings is 1. The van der Waals surface area contributed by atoms with Crippen molar-refractivity contribution in [3.63, 3.8) is 0 Å². The van der Waals surface area contributed by atoms with Crippen LogP contribution in [0.15, 0.2) is 17.1 Å². The maximum absolute atomic E-state index is 12.3. The minimum Gasteiger partial charge on any atom is -0.335 e. The molecule has 3 aliphatic rings. The van der Waals surface area contributed by atoms with Crippen LogP contribution in [-0.4, -0.2) is 41.6 Å². The third-order valence-corrected chi connectivity index (χ3v) is 4.83. The van der Waals surface area contributed by atoms with Gasteiger partial charge in [-0.2, -0.15) is 0 Å². The van der Waals surface area contributed by atoms with Gasteiger partial charge in [0.25, 0.3) is 5.56 Å². The number of urea groups is 1. The number of hydrogen-bond acceptors (Lipinski definition) is 3. The molecule has 1 saturated heterocycles. The van der Waals surface area contributed by atoms with Gasteiger partial charge in [0.1, 0.15) is 0 Å². The van der Waals surface area contributed by atoms with Crippen LogP contribution in [0.4, 0.5) is 4.79 Å². The number of amides is 2. The minimum absolute atomic E-state index is 0.0293. The average molecular weight is 274 g/mol. The number of hydrogen-bond donors (Lipinski definition) is 3. The van der Waals surface area contributed by atoms with Crippen molar-refractivity contribution in [2.24, 2.45) is 11.8 Å². The molecule has 4 rings (SSSR count). The summed E-state index contributed by atoms with van der Waals surface area (Å²) >= 11 is 0. The van der Waals surface area contributed by atoms with E-state index in [1.165, 1.54) is 0 Å². The van der Waals surface area contributed by atoms with Crippen molar-refractivity contribution in [3.05, 3.63) is 33.7 Å². The van der Waals surface area contributed by atoms with Crippen molar-refractivity contribution in [1.82, 2.24) is 20.5 Å². The van der Waals surface area contributed by atoms with Crippen LogP contribution in [0.3, 0.4) is 0 Å². The highest BCUT2D eigenvalue weighted by molar-refractivity contribution is 5.75. The number of carbonyl (C=O) groups excluding carboxylic acids is 1. The summed E-state index contributed by atoms with van der Waals surface area (Å²) in [6.07, 6.45) is 2.43. The van der Waals surface area contributed by atoms with E-state index in [0.717, 1.165) is 30.6 Å². The molecule has 2 amide bonds. The molecule has 1 aliphatic carbocycles. The van der Waals surface area contributed by atoms with Crippen molar-refractivity contribution in [2.45, 2.75) is 19.0 Å². The van der Waals surface area contributed by atoms with Crippen LogP contribution in [0.5, 0.6) is 0 Å². The topological polar surface area (TPSA) is 77.2 Å². The Morgan fingerprint density at radius 2 is 2.15 bits per heavy atom. The summed E-state index contributed by atoms with van der Waals surface area (Å²) in [5.74, 6) is 1.22. The van der Waals surface area contributed by atoms with Gasteiger partial charge < -0.3 is 20.5 Å². The minimum atomic E-state index is -0.0764. The van der Waals surface area contributed by atoms with Crippen molar-refractivity contribution >= 4 is 6.03 Å². The van der Waals surface area contributed by atoms with Crippen LogP contribution in [0, 0.1) is 11.8 Å². The molecule has 20 heavy (non-hydrogen) atoms. The molecule has 3 atom stereocenters. The summed E-state index contributed by atoms with van der Waals surface area (Å²) in [4.78, 5) is 28.5. The number of piperidine rings is 1. The molecule has 1 aromatic heterocycles. The number of fused-ring (bicyclic) bond motifs is 2. The highest BCUT2D eigenvalue weighted by atomic mass is 16.2. The van der Waals surface area contributed by atoms with Crippen molar-refractivity contribution in [3.8, 4) is 0 Å². The van der Waals surface area contributed by atoms with Gasteiger partial charge in [-0.3, -0.25) is 4.79 Å². The number of nitrogens with zero attached hydrogens (tertiary/aromatic N) is 1. The molecule has 1 aromatic rings. The lowest BCUT2D eigenvalue weighted by Gasteiger charge is -2.28. The smallest absolute Gasteiger partial charge is 0.317 e. The van der Waals surface area contributed by atoms with Crippen molar-refractivity contribution < 1.29 is 4.79 Å². The van der Waals surface area contributed by atoms with Gasteiger partial charge in [-0.25, -0.2) is 4.79 Å². The molecule has 6 nitrogen and oxygen atoms in total. The molecule has 3 heterocycles. The summed E-state index contributed by atoms with van der Waals surface area (Å²) in [5.41, 5.74) is 1.71. The molecule has 1 saturated carbocycles. The van der Waals surface area contributed by atoms with E-state index in [9.17, 15) is 9.59 Å². The molecule has 106 valence electrons. The zero-order valence-corrected chi connectivity index (χ0v) is 11.2. The van der Waals surface area contributed by atoms with Crippen LogP contribution in [0.1, 0.15) is 11.1 Å². The summed E-state index contributed by atoms with van der Waals surface area (Å²) in [6.45, 7) is 3.12. The number of rotatable bonds is 1. The zero-order chi connectivity index (χ0) is 13.7. The Kier molecular flexibility index (Phi) is 2.60. The lowest BCUT2D eigenvalue weighted by atomic mass is 10.0. The molecule has 3 N–H and O–H groups in total. The molecule has 1 unspecified atom stereocenters. The van der Waals surface area contributed by atoms with Crippen LogP contribution in [0.2, 0.25) is 0 Å². The van der Waals surface area contributed by atoms with E-state index < -0.39 is 0 Å². The molecule has 2 aliphatic heterocycles. The van der Waals surface area contributed by atoms with Gasteiger partial charge in [0.2, 0.25) is 0 Å². The number of nitrogens with one attached hydrogen (secondary N) is 3. The first kappa shape index (κ1) is 12.0. The van der Waals surface area contributed by atoms with Crippen molar-refractivity contribution in [2.75, 3.05) is 19.6 Å². The lowest BCUT2D eigenvalue weighted by Crippen LogP contribution is -2.46. The molecule has 2 fully saturated rings. The maximum atomic E-state index is 12.3. The Morgan fingerprint density at radius 1 is 1.35 bits per heavy atom. The summed E-state index contributed by atoms with van der Waals surface area (Å²) in [6, 6.07) is 2.24. The molecular formula is C14H18N4O2. The SMILES string of the molecule is O=C(NC1[C@H]2CNC[C@@H]12)N1CCc2cc[nH]c(=O)c2C1. The monoisotopic (exact) mass is 274 g/mol. The Bertz CT molecular complexity index is 601. The first-order valence-electron chi connectivity index (χ1n) is 7.19. The fourth-order valence-electron chi connectivity index (χ4n) is 3.52. The molecular weight excluding hydrogens is 256 g/mol. The van der Waals surface area contributed by atoms with Gasteiger partial charge in [-0.15, -0.1) is 0 Å². The summed E-state index contributed by atoms with van der Waals surface area (Å²) in [5, 5.41) is 6.43. The fraction of sp³-hybridized carbons (Fsp3) is 0.571. The Hall–Kier alpha value is -1.82. The number of carbonyl (C=O) groups is 1. The summed E-state index contributed by atoms with van der Waals surface area (Å²) in [7, 11) is 0. The predicted octanol–water partition coefficient (Wildman–Crippen LogP) is -0.340. The third kappa shape index (κ3) is 1.83. The van der Waals surface area contributed by atoms with Crippen molar-refractivity contribution in [1.29, 1.82) is 0 Å². The third-order valence-electron chi connectivity index (χ3n) is 4.83. The van der Waals surface area contributed by atoms with E-state index in [-0.39, 0.29) is 11.6 Å².